The van der Waals surface area contributed by atoms with E-state index in [2.05, 4.69) is 15.9 Å². The quantitative estimate of drug-likeness (QED) is 0.366. The summed E-state index contributed by atoms with van der Waals surface area (Å²) in [6, 6.07) is 0. The molecule has 29 heavy (non-hydrogen) atoms. The molecule has 0 aromatic rings. The lowest BCUT2D eigenvalue weighted by Crippen LogP contribution is -2.70. The van der Waals surface area contributed by atoms with Crippen LogP contribution in [0, 0.1) is 28.6 Å². The monoisotopic (exact) mass is 486 g/mol. The number of carbonyl (C=O) groups is 3. The molecule has 0 aliphatic heterocycles. The minimum absolute atomic E-state index is 0.0219. The Morgan fingerprint density at radius 1 is 1.41 bits per heavy atom. The molecule has 4 aliphatic carbocycles. The maximum atomic E-state index is 17.1. The SMILES string of the molecule is CC1C[C@H]2[C@@H]3C(Cl)CC4=CC(=O)C=C[C@]4(C)[C@@]3(F)C(O)C[C@]2(C)[C@@]1(Br)C(=O)C=O. The van der Waals surface area contributed by atoms with Crippen molar-refractivity contribution in [3.05, 3.63) is 23.8 Å². The number of aliphatic hydroxyl groups is 1. The number of halogens is 3. The number of alkyl halides is 3. The molecule has 3 saturated carbocycles. The molecule has 7 heteroatoms. The maximum absolute atomic E-state index is 17.1. The fraction of sp³-hybridized carbons (Fsp3) is 0.682. The third-order valence-electron chi connectivity index (χ3n) is 8.59. The number of fused-ring (bicyclic) bond motifs is 5. The minimum atomic E-state index is -2.08. The van der Waals surface area contributed by atoms with E-state index in [4.69, 9.17) is 11.6 Å². The number of allylic oxidation sites excluding steroid dienone is 4. The van der Waals surface area contributed by atoms with Crippen molar-refractivity contribution in [2.45, 2.75) is 61.5 Å². The molecule has 0 saturated heterocycles. The van der Waals surface area contributed by atoms with Crippen LogP contribution in [-0.2, 0) is 14.4 Å². The second-order valence-corrected chi connectivity index (χ2v) is 11.5. The van der Waals surface area contributed by atoms with Crippen LogP contribution in [0.2, 0.25) is 0 Å². The van der Waals surface area contributed by atoms with E-state index in [-0.39, 0.29) is 24.0 Å². The average molecular weight is 488 g/mol. The molecule has 3 fully saturated rings. The highest BCUT2D eigenvalue weighted by molar-refractivity contribution is 9.10. The molecule has 4 rings (SSSR count). The van der Waals surface area contributed by atoms with Crippen molar-refractivity contribution in [1.82, 2.24) is 0 Å². The fourth-order valence-electron chi connectivity index (χ4n) is 7.07. The van der Waals surface area contributed by atoms with E-state index in [0.717, 1.165) is 0 Å². The van der Waals surface area contributed by atoms with Crippen LogP contribution in [0.4, 0.5) is 4.39 Å². The largest absolute Gasteiger partial charge is 0.390 e. The summed E-state index contributed by atoms with van der Waals surface area (Å²) in [7, 11) is 0. The van der Waals surface area contributed by atoms with Crippen LogP contribution in [0.1, 0.15) is 40.0 Å². The first-order chi connectivity index (χ1) is 13.4. The number of Topliss-reactive ketones (excluding diaryl/α,β-unsaturated/α-hetero) is 1. The van der Waals surface area contributed by atoms with Crippen molar-refractivity contribution < 1.29 is 23.9 Å². The maximum Gasteiger partial charge on any atom is 0.212 e. The van der Waals surface area contributed by atoms with Gasteiger partial charge in [0.15, 0.2) is 17.7 Å². The van der Waals surface area contributed by atoms with Crippen LogP contribution in [-0.4, -0.2) is 44.4 Å². The van der Waals surface area contributed by atoms with Crippen LogP contribution in [0.25, 0.3) is 0 Å². The molecule has 0 spiro atoms. The van der Waals surface area contributed by atoms with Crippen molar-refractivity contribution in [3.8, 4) is 0 Å². The molecule has 3 unspecified atom stereocenters. The zero-order valence-electron chi connectivity index (χ0n) is 16.6. The van der Waals surface area contributed by atoms with Crippen LogP contribution in [0.3, 0.4) is 0 Å². The number of hydrogen-bond acceptors (Lipinski definition) is 4. The van der Waals surface area contributed by atoms with Gasteiger partial charge in [-0.25, -0.2) is 4.39 Å². The predicted octanol–water partition coefficient (Wildman–Crippen LogP) is 3.72. The third kappa shape index (κ3) is 2.31. The molecule has 0 aromatic carbocycles. The van der Waals surface area contributed by atoms with Crippen LogP contribution in [0.5, 0.6) is 0 Å². The van der Waals surface area contributed by atoms with Crippen molar-refractivity contribution in [2.75, 3.05) is 0 Å². The Hall–Kier alpha value is -0.850. The topological polar surface area (TPSA) is 71.4 Å². The van der Waals surface area contributed by atoms with Gasteiger partial charge in [-0.3, -0.25) is 14.4 Å². The predicted molar refractivity (Wildman–Crippen MR) is 111 cm³/mol. The minimum Gasteiger partial charge on any atom is -0.390 e. The number of aldehydes is 1. The number of rotatable bonds is 2. The van der Waals surface area contributed by atoms with E-state index in [0.29, 0.717) is 24.7 Å². The van der Waals surface area contributed by atoms with Crippen molar-refractivity contribution in [2.24, 2.45) is 28.6 Å². The van der Waals surface area contributed by atoms with E-state index in [1.807, 2.05) is 13.8 Å². The van der Waals surface area contributed by atoms with Gasteiger partial charge in [-0.1, -0.05) is 41.4 Å². The Balaban J connectivity index is 1.89. The van der Waals surface area contributed by atoms with Gasteiger partial charge < -0.3 is 5.11 Å². The van der Waals surface area contributed by atoms with E-state index < -0.39 is 44.0 Å². The van der Waals surface area contributed by atoms with Crippen LogP contribution >= 0.6 is 27.5 Å². The van der Waals surface area contributed by atoms with Crippen LogP contribution < -0.4 is 0 Å². The second-order valence-electron chi connectivity index (χ2n) is 9.70. The molecular formula is C22H25BrClFO4. The van der Waals surface area contributed by atoms with E-state index in [1.54, 1.807) is 13.0 Å². The summed E-state index contributed by atoms with van der Waals surface area (Å²) in [6.07, 6.45) is 4.17. The summed E-state index contributed by atoms with van der Waals surface area (Å²) in [5.41, 5.74) is -3.45. The molecule has 0 bridgehead atoms. The number of carbonyl (C=O) groups excluding carboxylic acids is 3. The van der Waals surface area contributed by atoms with Gasteiger partial charge in [-0.2, -0.15) is 0 Å². The molecule has 4 nitrogen and oxygen atoms in total. The lowest BCUT2D eigenvalue weighted by molar-refractivity contribution is -0.191. The molecule has 0 amide bonds. The lowest BCUT2D eigenvalue weighted by Gasteiger charge is -2.63. The number of hydrogen-bond donors (Lipinski definition) is 1. The molecule has 4 aliphatic rings. The Bertz CT molecular complexity index is 873. The van der Waals surface area contributed by atoms with Gasteiger partial charge in [-0.05, 0) is 55.6 Å². The van der Waals surface area contributed by atoms with Gasteiger partial charge in [-0.15, -0.1) is 11.6 Å². The molecule has 9 atom stereocenters. The summed E-state index contributed by atoms with van der Waals surface area (Å²) in [4.78, 5) is 36.0. The number of ketones is 2. The Morgan fingerprint density at radius 3 is 2.69 bits per heavy atom. The highest BCUT2D eigenvalue weighted by Gasteiger charge is 2.76. The summed E-state index contributed by atoms with van der Waals surface area (Å²) >= 11 is 10.3. The zero-order valence-corrected chi connectivity index (χ0v) is 19.0. The van der Waals surface area contributed by atoms with Gasteiger partial charge in [0.05, 0.1) is 10.4 Å². The van der Waals surface area contributed by atoms with Gasteiger partial charge in [0, 0.05) is 16.7 Å². The summed E-state index contributed by atoms with van der Waals surface area (Å²) in [6.45, 7) is 5.46. The summed E-state index contributed by atoms with van der Waals surface area (Å²) in [5, 5.41) is 10.6. The van der Waals surface area contributed by atoms with E-state index in [1.165, 1.54) is 12.2 Å². The molecule has 0 heterocycles. The van der Waals surface area contributed by atoms with Crippen molar-refractivity contribution >= 4 is 45.4 Å². The smallest absolute Gasteiger partial charge is 0.212 e. The number of aliphatic hydroxyl groups excluding tert-OH is 1. The molecule has 158 valence electrons. The first-order valence-corrected chi connectivity index (χ1v) is 11.2. The zero-order chi connectivity index (χ0) is 21.6. The molecule has 0 aromatic heterocycles. The Labute approximate surface area is 183 Å². The normalized spacial score (nSPS) is 53.6. The third-order valence-corrected chi connectivity index (χ3v) is 11.1. The van der Waals surface area contributed by atoms with Gasteiger partial charge >= 0.3 is 0 Å². The van der Waals surface area contributed by atoms with E-state index in [9.17, 15) is 19.5 Å². The Kier molecular flexibility index (Phi) is 4.67. The summed E-state index contributed by atoms with van der Waals surface area (Å²) in [5.74, 6) is -2.03. The molecular weight excluding hydrogens is 463 g/mol. The second kappa shape index (κ2) is 6.33. The average Bonchev–Trinajstić information content (AvgIpc) is 2.85. The highest BCUT2D eigenvalue weighted by Crippen LogP contribution is 2.72. The van der Waals surface area contributed by atoms with Crippen LogP contribution in [0.15, 0.2) is 23.8 Å². The first-order valence-electron chi connectivity index (χ1n) is 10.0. The molecule has 1 N–H and O–H groups in total. The van der Waals surface area contributed by atoms with Crippen molar-refractivity contribution in [3.63, 3.8) is 0 Å². The van der Waals surface area contributed by atoms with Gasteiger partial charge in [0.25, 0.3) is 0 Å². The first kappa shape index (κ1) is 21.4. The highest BCUT2D eigenvalue weighted by atomic mass is 79.9. The van der Waals surface area contributed by atoms with Crippen molar-refractivity contribution in [1.29, 1.82) is 0 Å². The molecule has 0 radical (unpaired) electrons. The van der Waals surface area contributed by atoms with Gasteiger partial charge in [0.1, 0.15) is 0 Å². The standard InChI is InChI=1S/C22H25BrClFO4/c1-11-6-14-18-15(24)8-12-7-13(27)4-5-19(12,2)22(18,25)16(28)9-20(14,3)21(11,23)17(29)10-26/h4-5,7,10-11,14-16,18,28H,6,8-9H2,1-3H3/t11?,14-,15?,16?,18+,19-,20-,21-,22+/m0/s1. The lowest BCUT2D eigenvalue weighted by atomic mass is 9.45. The summed E-state index contributed by atoms with van der Waals surface area (Å²) < 4.78 is 15.9. The fourth-order valence-corrected chi connectivity index (χ4v) is 8.33. The Morgan fingerprint density at radius 2 is 2.07 bits per heavy atom. The van der Waals surface area contributed by atoms with Gasteiger partial charge in [0.2, 0.25) is 5.78 Å². The van der Waals surface area contributed by atoms with E-state index >= 15 is 4.39 Å².